The molecule has 0 radical (unpaired) electrons. The van der Waals surface area contributed by atoms with Crippen LogP contribution < -0.4 is 0 Å². The summed E-state index contributed by atoms with van der Waals surface area (Å²) in [5, 5.41) is 177. The highest BCUT2D eigenvalue weighted by atomic mass is 16.4. The van der Waals surface area contributed by atoms with Crippen LogP contribution in [0.1, 0.15) is 41.4 Å². The normalized spacial score (nSPS) is 15.1. The molecule has 0 saturated heterocycles. The molecule has 17 N–H and O–H groups in total. The predicted molar refractivity (Wildman–Crippen MR) is 176 cm³/mol. The van der Waals surface area contributed by atoms with Gasteiger partial charge in [0.15, 0.2) is 80.4 Å². The summed E-state index contributed by atoms with van der Waals surface area (Å²) in [5.41, 5.74) is -15.1. The molecular weight excluding hydrogens is 760 g/mol. The number of phenolic OH excluding ortho intramolecular Hbond substituents is 12. The maximum absolute atomic E-state index is 14.3. The Labute approximate surface area is 309 Å². The van der Waals surface area contributed by atoms with Gasteiger partial charge in [0.2, 0.25) is 28.7 Å². The van der Waals surface area contributed by atoms with Crippen molar-refractivity contribution in [2.45, 2.75) is 29.5 Å². The molecular formula is C34H28O22. The Balaban J connectivity index is 2.08. The maximum atomic E-state index is 14.3. The van der Waals surface area contributed by atoms with Crippen LogP contribution in [0.4, 0.5) is 0 Å². The highest BCUT2D eigenvalue weighted by Crippen LogP contribution is 2.44. The van der Waals surface area contributed by atoms with Crippen molar-refractivity contribution >= 4 is 28.9 Å². The van der Waals surface area contributed by atoms with Crippen molar-refractivity contribution in [1.82, 2.24) is 0 Å². The number of aliphatic hydroxyl groups is 5. The molecule has 5 atom stereocenters. The van der Waals surface area contributed by atoms with Crippen molar-refractivity contribution in [1.29, 1.82) is 0 Å². The number of aromatic hydroxyl groups is 12. The van der Waals surface area contributed by atoms with Gasteiger partial charge in [-0.3, -0.25) is 24.0 Å². The van der Waals surface area contributed by atoms with E-state index >= 15 is 0 Å². The maximum Gasteiger partial charge on any atom is 0.246 e. The Morgan fingerprint density at radius 3 is 1.05 bits per heavy atom. The molecule has 296 valence electrons. The first-order valence-electron chi connectivity index (χ1n) is 15.0. The number of Topliss-reactive ketones (excluding diaryl/α,β-unsaturated/α-hetero) is 5. The Morgan fingerprint density at radius 2 is 0.714 bits per heavy atom. The summed E-state index contributed by atoms with van der Waals surface area (Å²) in [7, 11) is 0. The van der Waals surface area contributed by atoms with Gasteiger partial charge in [0.25, 0.3) is 0 Å². The van der Waals surface area contributed by atoms with Crippen LogP contribution in [0.2, 0.25) is 0 Å². The molecule has 0 fully saturated rings. The summed E-state index contributed by atoms with van der Waals surface area (Å²) in [6.45, 7) is 0. The van der Waals surface area contributed by atoms with Crippen LogP contribution in [0, 0.1) is 0 Å². The molecule has 0 amide bonds. The molecule has 1 unspecified atom stereocenters. The van der Waals surface area contributed by atoms with Crippen LogP contribution >= 0.6 is 0 Å². The van der Waals surface area contributed by atoms with Crippen molar-refractivity contribution in [3.8, 4) is 69.0 Å². The van der Waals surface area contributed by atoms with E-state index in [1.165, 1.54) is 0 Å². The number of hydrogen-bond acceptors (Lipinski definition) is 22. The topological polar surface area (TPSA) is 429 Å². The Bertz CT molecular complexity index is 2240. The minimum atomic E-state index is -5.03. The van der Waals surface area contributed by atoms with Crippen LogP contribution in [0.15, 0.2) is 48.5 Å². The zero-order chi connectivity index (χ0) is 42.5. The van der Waals surface area contributed by atoms with E-state index < -0.39 is 150 Å². The smallest absolute Gasteiger partial charge is 0.246 e. The fourth-order valence-corrected chi connectivity index (χ4v) is 5.38. The van der Waals surface area contributed by atoms with Crippen molar-refractivity contribution in [2.75, 3.05) is 0 Å². The van der Waals surface area contributed by atoms with Crippen LogP contribution in [-0.2, 0) is 4.79 Å². The molecule has 0 aromatic heterocycles. The number of carbonyl (C=O) groups excluding carboxylic acids is 5. The third-order valence-corrected chi connectivity index (χ3v) is 8.45. The van der Waals surface area contributed by atoms with Gasteiger partial charge in [-0.2, -0.15) is 0 Å². The molecule has 4 rings (SSSR count). The SMILES string of the molecule is O=C(C(=O)[C@@](O)(C(=O)c1cc(O)c(O)c(O)c1)[C@@](O)(C(=O)c1cc(O)c(O)c(O)c1)[C@H](O)[C@H](O)C(O)C(=O)c1cc(O)c(O)c(O)c1)c1cc(O)c(O)c(O)c1. The largest absolute Gasteiger partial charge is 0.504 e. The highest BCUT2D eigenvalue weighted by Gasteiger charge is 2.70. The van der Waals surface area contributed by atoms with Crippen molar-refractivity contribution in [2.24, 2.45) is 0 Å². The van der Waals surface area contributed by atoms with E-state index in [0.29, 0.717) is 12.1 Å². The Morgan fingerprint density at radius 1 is 0.429 bits per heavy atom. The van der Waals surface area contributed by atoms with Crippen molar-refractivity contribution < 1.29 is 111 Å². The number of benzene rings is 4. The molecule has 0 aliphatic carbocycles. The minimum absolute atomic E-state index is 0.145. The number of carbonyl (C=O) groups is 5. The number of aliphatic hydroxyl groups excluding tert-OH is 3. The zero-order valence-corrected chi connectivity index (χ0v) is 27.5. The number of ketones is 5. The molecule has 56 heavy (non-hydrogen) atoms. The van der Waals surface area contributed by atoms with E-state index in [1.807, 2.05) is 0 Å². The standard InChI is InChI=1S/C34H28O22/c35-13-1-9(2-14(36)23(13)45)21(43)27(49)28(50)32(54)34(56,30(52)12-7-19(41)26(48)20(42)8-12)33(55,29(51)11-5-17(39)25(47)18(40)6-11)31(53)22(44)10-3-15(37)24(46)16(38)4-10/h1-8,27-28,32,35-42,45-50,54-56H/t27?,28-,32-,33+,34-/m1/s1. The zero-order valence-electron chi connectivity index (χ0n) is 27.5. The Kier molecular flexibility index (Phi) is 10.7. The van der Waals surface area contributed by atoms with Gasteiger partial charge in [0, 0.05) is 22.3 Å². The van der Waals surface area contributed by atoms with E-state index in [4.69, 9.17) is 0 Å². The number of phenols is 12. The van der Waals surface area contributed by atoms with Crippen molar-refractivity contribution in [3.05, 3.63) is 70.8 Å². The number of hydrogen-bond donors (Lipinski definition) is 17. The molecule has 0 heterocycles. The second kappa shape index (κ2) is 14.5. The second-order valence-corrected chi connectivity index (χ2v) is 12.0. The molecule has 4 aromatic rings. The predicted octanol–water partition coefficient (Wildman–Crippen LogP) is -1.90. The first-order chi connectivity index (χ1) is 25.8. The average Bonchev–Trinajstić information content (AvgIpc) is 3.15. The van der Waals surface area contributed by atoms with Crippen LogP contribution in [0.25, 0.3) is 0 Å². The monoisotopic (exact) mass is 788 g/mol. The van der Waals surface area contributed by atoms with E-state index in [1.54, 1.807) is 0 Å². The van der Waals surface area contributed by atoms with Gasteiger partial charge in [0.05, 0.1) is 0 Å². The van der Waals surface area contributed by atoms with Crippen molar-refractivity contribution in [3.63, 3.8) is 0 Å². The summed E-state index contributed by atoms with van der Waals surface area (Å²) in [6, 6.07) is 1.81. The van der Waals surface area contributed by atoms with Gasteiger partial charge in [0.1, 0.15) is 18.3 Å². The third kappa shape index (κ3) is 6.56. The molecule has 0 bridgehead atoms. The van der Waals surface area contributed by atoms with Gasteiger partial charge < -0.3 is 86.8 Å². The van der Waals surface area contributed by atoms with E-state index in [0.717, 1.165) is 0 Å². The molecule has 22 nitrogen and oxygen atoms in total. The van der Waals surface area contributed by atoms with Gasteiger partial charge in [-0.15, -0.1) is 0 Å². The summed E-state index contributed by atoms with van der Waals surface area (Å²) in [6.07, 6.45) is -10.5. The van der Waals surface area contributed by atoms with E-state index in [9.17, 15) is 111 Å². The molecule has 0 aliphatic heterocycles. The fraction of sp³-hybridized carbons (Fsp3) is 0.147. The lowest BCUT2D eigenvalue weighted by molar-refractivity contribution is -0.189. The molecule has 0 spiro atoms. The summed E-state index contributed by atoms with van der Waals surface area (Å²) in [5.74, 6) is -27.9. The third-order valence-electron chi connectivity index (χ3n) is 8.45. The Hall–Kier alpha value is -7.37. The molecule has 0 aliphatic rings. The molecule has 4 aromatic carbocycles. The van der Waals surface area contributed by atoms with Gasteiger partial charge in [-0.1, -0.05) is 0 Å². The first-order valence-corrected chi connectivity index (χ1v) is 15.0. The molecule has 0 saturated carbocycles. The number of rotatable bonds is 13. The fourth-order valence-electron chi connectivity index (χ4n) is 5.38. The van der Waals surface area contributed by atoms with E-state index in [-0.39, 0.29) is 36.4 Å². The summed E-state index contributed by atoms with van der Waals surface area (Å²) >= 11 is 0. The first kappa shape index (κ1) is 41.4. The average molecular weight is 789 g/mol. The van der Waals surface area contributed by atoms with Crippen LogP contribution in [0.5, 0.6) is 69.0 Å². The lowest BCUT2D eigenvalue weighted by atomic mass is 9.65. The van der Waals surface area contributed by atoms with Gasteiger partial charge in [-0.25, -0.2) is 0 Å². The highest BCUT2D eigenvalue weighted by molar-refractivity contribution is 6.52. The lowest BCUT2D eigenvalue weighted by Gasteiger charge is -2.44. The van der Waals surface area contributed by atoms with Crippen LogP contribution in [-0.4, -0.2) is 145 Å². The van der Waals surface area contributed by atoms with Crippen LogP contribution in [0.3, 0.4) is 0 Å². The quantitative estimate of drug-likeness (QED) is 0.0304. The van der Waals surface area contributed by atoms with Gasteiger partial charge in [-0.05, 0) is 48.5 Å². The summed E-state index contributed by atoms with van der Waals surface area (Å²) < 4.78 is 0. The minimum Gasteiger partial charge on any atom is -0.504 e. The van der Waals surface area contributed by atoms with E-state index in [2.05, 4.69) is 0 Å². The second-order valence-electron chi connectivity index (χ2n) is 12.0. The summed E-state index contributed by atoms with van der Waals surface area (Å²) in [4.78, 5) is 69.5. The molecule has 22 heteroatoms. The van der Waals surface area contributed by atoms with Gasteiger partial charge >= 0.3 is 0 Å². The lowest BCUT2D eigenvalue weighted by Crippen LogP contribution is -2.76.